The van der Waals surface area contributed by atoms with Crippen LogP contribution in [-0.4, -0.2) is 28.0 Å². The van der Waals surface area contributed by atoms with E-state index >= 15 is 0 Å². The SMILES string of the molecule is COC(=O)c1cc(Nc2ncc3ccccc3n2)c[nH]1. The molecule has 3 rings (SSSR count). The molecule has 0 saturated carbocycles. The molecular weight excluding hydrogens is 256 g/mol. The molecule has 0 fully saturated rings. The number of carbonyl (C=O) groups excluding carboxylic acids is 1. The quantitative estimate of drug-likeness (QED) is 0.713. The number of aromatic nitrogens is 3. The number of H-pyrrole nitrogens is 1. The molecule has 3 aromatic rings. The molecule has 20 heavy (non-hydrogen) atoms. The van der Waals surface area contributed by atoms with E-state index in [2.05, 4.69) is 25.0 Å². The fraction of sp³-hybridized carbons (Fsp3) is 0.0714. The zero-order valence-corrected chi connectivity index (χ0v) is 10.8. The molecule has 0 bridgehead atoms. The number of nitrogens with one attached hydrogen (secondary N) is 2. The van der Waals surface area contributed by atoms with Gasteiger partial charge in [0.05, 0.1) is 18.3 Å². The summed E-state index contributed by atoms with van der Waals surface area (Å²) >= 11 is 0. The van der Waals surface area contributed by atoms with E-state index < -0.39 is 5.97 Å². The fourth-order valence-corrected chi connectivity index (χ4v) is 1.86. The molecule has 0 aliphatic carbocycles. The van der Waals surface area contributed by atoms with Crippen molar-refractivity contribution in [2.45, 2.75) is 0 Å². The lowest BCUT2D eigenvalue weighted by atomic mass is 10.2. The number of fused-ring (bicyclic) bond motifs is 1. The number of para-hydroxylation sites is 1. The highest BCUT2D eigenvalue weighted by atomic mass is 16.5. The van der Waals surface area contributed by atoms with Crippen LogP contribution in [0.2, 0.25) is 0 Å². The Morgan fingerprint density at radius 2 is 2.20 bits per heavy atom. The van der Waals surface area contributed by atoms with Gasteiger partial charge < -0.3 is 15.0 Å². The first kappa shape index (κ1) is 12.2. The van der Waals surface area contributed by atoms with E-state index in [1.807, 2.05) is 24.3 Å². The predicted octanol–water partition coefficient (Wildman–Crippen LogP) is 2.49. The highest BCUT2D eigenvalue weighted by molar-refractivity contribution is 5.89. The van der Waals surface area contributed by atoms with Gasteiger partial charge in [-0.05, 0) is 12.1 Å². The van der Waals surface area contributed by atoms with Gasteiger partial charge in [-0.25, -0.2) is 14.8 Å². The normalized spacial score (nSPS) is 10.4. The maximum atomic E-state index is 11.3. The number of anilines is 2. The minimum atomic E-state index is -0.419. The lowest BCUT2D eigenvalue weighted by Crippen LogP contribution is -2.00. The lowest BCUT2D eigenvalue weighted by Gasteiger charge is -2.02. The molecule has 0 unspecified atom stereocenters. The minimum Gasteiger partial charge on any atom is -0.464 e. The zero-order valence-electron chi connectivity index (χ0n) is 10.8. The molecule has 0 aliphatic rings. The molecule has 6 heteroatoms. The Balaban J connectivity index is 1.85. The average molecular weight is 268 g/mol. The van der Waals surface area contributed by atoms with Crippen LogP contribution in [0.4, 0.5) is 11.6 Å². The van der Waals surface area contributed by atoms with E-state index in [0.717, 1.165) is 10.9 Å². The summed E-state index contributed by atoms with van der Waals surface area (Å²) in [5.74, 6) is 0.0524. The van der Waals surface area contributed by atoms with E-state index in [-0.39, 0.29) is 0 Å². The molecule has 100 valence electrons. The Labute approximate surface area is 114 Å². The molecule has 1 aromatic carbocycles. The van der Waals surface area contributed by atoms with E-state index in [4.69, 9.17) is 0 Å². The van der Waals surface area contributed by atoms with Crippen molar-refractivity contribution in [3.63, 3.8) is 0 Å². The van der Waals surface area contributed by atoms with Crippen molar-refractivity contribution in [1.82, 2.24) is 15.0 Å². The van der Waals surface area contributed by atoms with Gasteiger partial charge in [-0.2, -0.15) is 0 Å². The van der Waals surface area contributed by atoms with Crippen molar-refractivity contribution in [1.29, 1.82) is 0 Å². The molecule has 6 nitrogen and oxygen atoms in total. The number of hydrogen-bond donors (Lipinski definition) is 2. The summed E-state index contributed by atoms with van der Waals surface area (Å²) in [6.07, 6.45) is 3.41. The van der Waals surface area contributed by atoms with Gasteiger partial charge >= 0.3 is 5.97 Å². The number of nitrogens with zero attached hydrogens (tertiary/aromatic N) is 2. The van der Waals surface area contributed by atoms with Gasteiger partial charge in [-0.1, -0.05) is 18.2 Å². The van der Waals surface area contributed by atoms with Crippen LogP contribution in [0.3, 0.4) is 0 Å². The van der Waals surface area contributed by atoms with E-state index in [9.17, 15) is 4.79 Å². The molecule has 0 aliphatic heterocycles. The van der Waals surface area contributed by atoms with Crippen LogP contribution >= 0.6 is 0 Å². The predicted molar refractivity (Wildman–Crippen MR) is 75.0 cm³/mol. The number of hydrogen-bond acceptors (Lipinski definition) is 5. The first-order valence-corrected chi connectivity index (χ1v) is 6.02. The third-order valence-corrected chi connectivity index (χ3v) is 2.83. The number of esters is 1. The number of carbonyl (C=O) groups is 1. The highest BCUT2D eigenvalue weighted by Gasteiger charge is 2.09. The van der Waals surface area contributed by atoms with Crippen molar-refractivity contribution >= 4 is 28.5 Å². The van der Waals surface area contributed by atoms with Crippen LogP contribution in [0, 0.1) is 0 Å². The number of rotatable bonds is 3. The van der Waals surface area contributed by atoms with E-state index in [1.54, 1.807) is 18.5 Å². The number of methoxy groups -OCH3 is 1. The third-order valence-electron chi connectivity index (χ3n) is 2.83. The van der Waals surface area contributed by atoms with Crippen LogP contribution in [0.1, 0.15) is 10.5 Å². The highest BCUT2D eigenvalue weighted by Crippen LogP contribution is 2.17. The molecular formula is C14H12N4O2. The van der Waals surface area contributed by atoms with E-state index in [1.165, 1.54) is 7.11 Å². The first-order chi connectivity index (χ1) is 9.76. The van der Waals surface area contributed by atoms with Gasteiger partial charge in [0.15, 0.2) is 0 Å². The molecule has 2 N–H and O–H groups in total. The maximum absolute atomic E-state index is 11.3. The van der Waals surface area contributed by atoms with Gasteiger partial charge in [-0.15, -0.1) is 0 Å². The second-order valence-corrected chi connectivity index (χ2v) is 4.17. The van der Waals surface area contributed by atoms with Gasteiger partial charge in [0.2, 0.25) is 5.95 Å². The smallest absolute Gasteiger partial charge is 0.354 e. The lowest BCUT2D eigenvalue weighted by molar-refractivity contribution is 0.0595. The van der Waals surface area contributed by atoms with Crippen molar-refractivity contribution < 1.29 is 9.53 Å². The minimum absolute atomic E-state index is 0.371. The second kappa shape index (κ2) is 5.00. The largest absolute Gasteiger partial charge is 0.464 e. The number of benzene rings is 1. The topological polar surface area (TPSA) is 79.9 Å². The van der Waals surface area contributed by atoms with Crippen LogP contribution in [-0.2, 0) is 4.74 Å². The molecule has 0 saturated heterocycles. The average Bonchev–Trinajstić information content (AvgIpc) is 2.95. The van der Waals surface area contributed by atoms with Crippen LogP contribution in [0.5, 0.6) is 0 Å². The number of ether oxygens (including phenoxy) is 1. The summed E-state index contributed by atoms with van der Waals surface area (Å²) in [5.41, 5.74) is 1.92. The summed E-state index contributed by atoms with van der Waals surface area (Å²) in [5, 5.41) is 4.01. The Morgan fingerprint density at radius 1 is 1.35 bits per heavy atom. The summed E-state index contributed by atoms with van der Waals surface area (Å²) in [7, 11) is 1.34. The van der Waals surface area contributed by atoms with Crippen molar-refractivity contribution in [3.05, 3.63) is 48.4 Å². The zero-order chi connectivity index (χ0) is 13.9. The Hall–Kier alpha value is -2.89. The molecule has 0 atom stereocenters. The Bertz CT molecular complexity index is 766. The van der Waals surface area contributed by atoms with Gasteiger partial charge in [-0.3, -0.25) is 0 Å². The molecule has 0 spiro atoms. The monoisotopic (exact) mass is 268 g/mol. The van der Waals surface area contributed by atoms with Crippen LogP contribution in [0.25, 0.3) is 10.9 Å². The van der Waals surface area contributed by atoms with Crippen molar-refractivity contribution in [2.75, 3.05) is 12.4 Å². The standard InChI is InChI=1S/C14H12N4O2/c1-20-13(19)12-6-10(8-15-12)17-14-16-7-9-4-2-3-5-11(9)18-14/h2-8,15H,1H3,(H,16,17,18). The second-order valence-electron chi connectivity index (χ2n) is 4.17. The van der Waals surface area contributed by atoms with Crippen LogP contribution in [0.15, 0.2) is 42.7 Å². The van der Waals surface area contributed by atoms with Gasteiger partial charge in [0.1, 0.15) is 5.69 Å². The number of aromatic amines is 1. The first-order valence-electron chi connectivity index (χ1n) is 6.02. The van der Waals surface area contributed by atoms with E-state index in [0.29, 0.717) is 17.3 Å². The van der Waals surface area contributed by atoms with Crippen molar-refractivity contribution in [3.8, 4) is 0 Å². The van der Waals surface area contributed by atoms with Crippen LogP contribution < -0.4 is 5.32 Å². The molecule has 0 amide bonds. The molecule has 0 radical (unpaired) electrons. The van der Waals surface area contributed by atoms with Gasteiger partial charge in [0, 0.05) is 17.8 Å². The Kier molecular flexibility index (Phi) is 3.04. The summed E-state index contributed by atoms with van der Waals surface area (Å²) in [4.78, 5) is 22.8. The summed E-state index contributed by atoms with van der Waals surface area (Å²) < 4.78 is 4.63. The summed E-state index contributed by atoms with van der Waals surface area (Å²) in [6, 6.07) is 9.37. The third kappa shape index (κ3) is 2.31. The fourth-order valence-electron chi connectivity index (χ4n) is 1.86. The Morgan fingerprint density at radius 3 is 3.05 bits per heavy atom. The molecule has 2 heterocycles. The molecule has 2 aromatic heterocycles. The van der Waals surface area contributed by atoms with Gasteiger partial charge in [0.25, 0.3) is 0 Å². The van der Waals surface area contributed by atoms with Crippen molar-refractivity contribution in [2.24, 2.45) is 0 Å². The maximum Gasteiger partial charge on any atom is 0.354 e. The summed E-state index contributed by atoms with van der Waals surface area (Å²) in [6.45, 7) is 0.